The van der Waals surface area contributed by atoms with Gasteiger partial charge in [0.1, 0.15) is 5.82 Å². The zero-order valence-corrected chi connectivity index (χ0v) is 17.6. The molecule has 1 aromatic rings. The number of nitrogens with zero attached hydrogens (tertiary/aromatic N) is 2. The van der Waals surface area contributed by atoms with E-state index in [0.29, 0.717) is 38.0 Å². The molecule has 2 N–H and O–H groups in total. The van der Waals surface area contributed by atoms with Gasteiger partial charge in [-0.3, -0.25) is 14.6 Å². The van der Waals surface area contributed by atoms with Crippen LogP contribution in [0.15, 0.2) is 24.3 Å². The average molecular weight is 420 g/mol. The van der Waals surface area contributed by atoms with Crippen LogP contribution < -0.4 is 5.32 Å². The van der Waals surface area contributed by atoms with E-state index in [-0.39, 0.29) is 17.8 Å². The van der Waals surface area contributed by atoms with Gasteiger partial charge < -0.3 is 15.2 Å². The number of rotatable bonds is 6. The molecular formula is C23H34FN3O3. The number of piperidine rings is 1. The van der Waals surface area contributed by atoms with Crippen LogP contribution >= 0.6 is 0 Å². The fraction of sp³-hybridized carbons (Fsp3) is 0.696. The smallest absolute Gasteiger partial charge is 0.237 e. The molecule has 3 aliphatic rings. The first-order valence-electron chi connectivity index (χ1n) is 11.3. The normalized spacial score (nSPS) is 27.4. The highest BCUT2D eigenvalue weighted by atomic mass is 19.1. The summed E-state index contributed by atoms with van der Waals surface area (Å²) in [5.74, 6) is 0.361. The molecule has 0 saturated carbocycles. The minimum absolute atomic E-state index is 0.0480. The maximum atomic E-state index is 13.9. The first-order chi connectivity index (χ1) is 14.6. The molecule has 1 amide bonds. The molecule has 3 saturated heterocycles. The first kappa shape index (κ1) is 21.7. The number of carbonyl (C=O) groups excluding carboxylic acids is 1. The molecule has 6 nitrogen and oxygen atoms in total. The minimum Gasteiger partial charge on any atom is -0.392 e. The van der Waals surface area contributed by atoms with E-state index in [4.69, 9.17) is 4.74 Å². The summed E-state index contributed by atoms with van der Waals surface area (Å²) >= 11 is 0. The van der Waals surface area contributed by atoms with Crippen LogP contribution in [-0.2, 0) is 16.1 Å². The number of halogens is 1. The van der Waals surface area contributed by atoms with Gasteiger partial charge in [-0.15, -0.1) is 0 Å². The SMILES string of the molecule is O=C(NCC1CCN(Cc2ccccc2F)CC1)[C@@H]1C[C@@H](O)CN1C1CCOCC1. The van der Waals surface area contributed by atoms with Crippen LogP contribution in [0.4, 0.5) is 4.39 Å². The van der Waals surface area contributed by atoms with E-state index in [0.717, 1.165) is 57.6 Å². The largest absolute Gasteiger partial charge is 0.392 e. The van der Waals surface area contributed by atoms with E-state index >= 15 is 0 Å². The summed E-state index contributed by atoms with van der Waals surface area (Å²) in [5.41, 5.74) is 0.747. The van der Waals surface area contributed by atoms with Crippen molar-refractivity contribution in [2.24, 2.45) is 5.92 Å². The topological polar surface area (TPSA) is 65.0 Å². The Morgan fingerprint density at radius 3 is 2.63 bits per heavy atom. The van der Waals surface area contributed by atoms with E-state index in [2.05, 4.69) is 15.1 Å². The van der Waals surface area contributed by atoms with Crippen LogP contribution in [-0.4, -0.2) is 78.4 Å². The van der Waals surface area contributed by atoms with Gasteiger partial charge in [0.15, 0.2) is 0 Å². The Bertz CT molecular complexity index is 705. The summed E-state index contributed by atoms with van der Waals surface area (Å²) in [7, 11) is 0. The molecule has 3 fully saturated rings. The Labute approximate surface area is 178 Å². The highest BCUT2D eigenvalue weighted by molar-refractivity contribution is 5.82. The first-order valence-corrected chi connectivity index (χ1v) is 11.3. The van der Waals surface area contributed by atoms with E-state index in [9.17, 15) is 14.3 Å². The molecule has 3 aliphatic heterocycles. The van der Waals surface area contributed by atoms with Crippen LogP contribution in [0.25, 0.3) is 0 Å². The second kappa shape index (κ2) is 10.2. The number of ether oxygens (including phenoxy) is 1. The number of benzene rings is 1. The fourth-order valence-corrected chi connectivity index (χ4v) is 5.10. The standard InChI is InChI=1S/C23H34FN3O3/c24-21-4-2-1-3-18(21)15-26-9-5-17(6-10-26)14-25-23(29)22-13-20(28)16-27(22)19-7-11-30-12-8-19/h1-4,17,19-20,22,28H,5-16H2,(H,25,29)/t20-,22+/m1/s1. The fourth-order valence-electron chi connectivity index (χ4n) is 5.10. The highest BCUT2D eigenvalue weighted by Crippen LogP contribution is 2.26. The van der Waals surface area contributed by atoms with Crippen LogP contribution in [0.1, 0.15) is 37.7 Å². The summed E-state index contributed by atoms with van der Waals surface area (Å²) in [5, 5.41) is 13.3. The number of amides is 1. The van der Waals surface area contributed by atoms with Crippen molar-refractivity contribution >= 4 is 5.91 Å². The molecule has 0 aliphatic carbocycles. The van der Waals surface area contributed by atoms with Crippen LogP contribution in [0, 0.1) is 11.7 Å². The van der Waals surface area contributed by atoms with Crippen LogP contribution in [0.2, 0.25) is 0 Å². The number of nitrogens with one attached hydrogen (secondary N) is 1. The third-order valence-electron chi connectivity index (χ3n) is 6.90. The molecule has 2 atom stereocenters. The number of hydrogen-bond acceptors (Lipinski definition) is 5. The molecular weight excluding hydrogens is 385 g/mol. The predicted octanol–water partition coefficient (Wildman–Crippen LogP) is 1.77. The minimum atomic E-state index is -0.426. The summed E-state index contributed by atoms with van der Waals surface area (Å²) in [6.07, 6.45) is 3.96. The van der Waals surface area contributed by atoms with Gasteiger partial charge in [0.25, 0.3) is 0 Å². The third-order valence-corrected chi connectivity index (χ3v) is 6.90. The van der Waals surface area contributed by atoms with Gasteiger partial charge in [0.2, 0.25) is 5.91 Å². The van der Waals surface area contributed by atoms with Crippen molar-refractivity contribution in [2.75, 3.05) is 39.4 Å². The van der Waals surface area contributed by atoms with Crippen molar-refractivity contribution < 1.29 is 19.0 Å². The van der Waals surface area contributed by atoms with Gasteiger partial charge in [-0.2, -0.15) is 0 Å². The summed E-state index contributed by atoms with van der Waals surface area (Å²) in [6, 6.07) is 7.06. The van der Waals surface area contributed by atoms with E-state index in [1.54, 1.807) is 6.07 Å². The molecule has 0 bridgehead atoms. The number of aliphatic hydroxyl groups is 1. The Balaban J connectivity index is 1.22. The van der Waals surface area contributed by atoms with E-state index in [1.165, 1.54) is 6.07 Å². The summed E-state index contributed by atoms with van der Waals surface area (Å²) < 4.78 is 19.3. The molecule has 3 heterocycles. The molecule has 4 rings (SSSR count). The second-order valence-electron chi connectivity index (χ2n) is 9.00. The molecule has 1 aromatic carbocycles. The Kier molecular flexibility index (Phi) is 7.36. The van der Waals surface area contributed by atoms with Gasteiger partial charge in [0.05, 0.1) is 12.1 Å². The van der Waals surface area contributed by atoms with Crippen molar-refractivity contribution in [1.29, 1.82) is 0 Å². The van der Waals surface area contributed by atoms with Gasteiger partial charge in [-0.05, 0) is 57.2 Å². The Hall–Kier alpha value is -1.54. The zero-order valence-electron chi connectivity index (χ0n) is 17.6. The molecule has 30 heavy (non-hydrogen) atoms. The van der Waals surface area contributed by atoms with Crippen molar-refractivity contribution in [2.45, 2.75) is 56.8 Å². The molecule has 0 spiro atoms. The predicted molar refractivity (Wildman–Crippen MR) is 112 cm³/mol. The lowest BCUT2D eigenvalue weighted by atomic mass is 9.96. The molecule has 0 aromatic heterocycles. The van der Waals surface area contributed by atoms with Crippen molar-refractivity contribution in [3.05, 3.63) is 35.6 Å². The molecule has 0 unspecified atom stereocenters. The Morgan fingerprint density at radius 1 is 1.17 bits per heavy atom. The number of likely N-dealkylation sites (tertiary alicyclic amines) is 2. The third kappa shape index (κ3) is 5.38. The number of carbonyl (C=O) groups is 1. The number of β-amino-alcohol motifs (C(OH)–C–C–N with tert-alkyl or cyclic N) is 1. The van der Waals surface area contributed by atoms with E-state index < -0.39 is 6.10 Å². The summed E-state index contributed by atoms with van der Waals surface area (Å²) in [6.45, 7) is 5.22. The van der Waals surface area contributed by atoms with Crippen LogP contribution in [0.5, 0.6) is 0 Å². The molecule has 166 valence electrons. The average Bonchev–Trinajstić information content (AvgIpc) is 3.17. The van der Waals surface area contributed by atoms with Gasteiger partial charge in [-0.25, -0.2) is 4.39 Å². The van der Waals surface area contributed by atoms with Gasteiger partial charge in [-0.1, -0.05) is 18.2 Å². The second-order valence-corrected chi connectivity index (χ2v) is 9.00. The van der Waals surface area contributed by atoms with Gasteiger partial charge >= 0.3 is 0 Å². The lowest BCUT2D eigenvalue weighted by molar-refractivity contribution is -0.127. The highest BCUT2D eigenvalue weighted by Gasteiger charge is 2.40. The maximum Gasteiger partial charge on any atom is 0.237 e. The lowest BCUT2D eigenvalue weighted by Gasteiger charge is -2.35. The summed E-state index contributed by atoms with van der Waals surface area (Å²) in [4.78, 5) is 17.4. The maximum absolute atomic E-state index is 13.9. The lowest BCUT2D eigenvalue weighted by Crippen LogP contribution is -2.50. The molecule has 0 radical (unpaired) electrons. The Morgan fingerprint density at radius 2 is 1.90 bits per heavy atom. The number of aliphatic hydroxyl groups excluding tert-OH is 1. The van der Waals surface area contributed by atoms with Crippen molar-refractivity contribution in [3.8, 4) is 0 Å². The van der Waals surface area contributed by atoms with Crippen molar-refractivity contribution in [1.82, 2.24) is 15.1 Å². The van der Waals surface area contributed by atoms with Crippen LogP contribution in [0.3, 0.4) is 0 Å². The monoisotopic (exact) mass is 419 g/mol. The van der Waals surface area contributed by atoms with Crippen molar-refractivity contribution in [3.63, 3.8) is 0 Å². The van der Waals surface area contributed by atoms with E-state index in [1.807, 2.05) is 12.1 Å². The number of hydrogen-bond donors (Lipinski definition) is 2. The quantitative estimate of drug-likeness (QED) is 0.736. The molecule has 7 heteroatoms. The van der Waals surface area contributed by atoms with Gasteiger partial charge in [0, 0.05) is 44.5 Å². The zero-order chi connectivity index (χ0) is 20.9.